The molecule has 0 spiro atoms. The first-order valence-electron chi connectivity index (χ1n) is 8.97. The number of hydrogen-bond acceptors (Lipinski definition) is 6. The monoisotopic (exact) mass is 376 g/mol. The lowest BCUT2D eigenvalue weighted by Gasteiger charge is -2.12. The molecular weight excluding hydrogens is 352 g/mol. The highest BCUT2D eigenvalue weighted by Gasteiger charge is 2.08. The summed E-state index contributed by atoms with van der Waals surface area (Å²) in [6.07, 6.45) is 1.77. The third kappa shape index (κ3) is 4.79. The maximum absolute atomic E-state index is 5.37. The lowest BCUT2D eigenvalue weighted by atomic mass is 10.1. The molecule has 0 fully saturated rings. The van der Waals surface area contributed by atoms with E-state index in [0.29, 0.717) is 30.5 Å². The van der Waals surface area contributed by atoms with E-state index in [-0.39, 0.29) is 0 Å². The van der Waals surface area contributed by atoms with Crippen molar-refractivity contribution in [3.63, 3.8) is 0 Å². The van der Waals surface area contributed by atoms with E-state index in [2.05, 4.69) is 27.2 Å². The van der Waals surface area contributed by atoms with Crippen LogP contribution in [0.4, 0.5) is 11.8 Å². The molecule has 0 saturated heterocycles. The zero-order valence-corrected chi connectivity index (χ0v) is 16.1. The van der Waals surface area contributed by atoms with E-state index >= 15 is 0 Å². The molecule has 0 saturated carbocycles. The number of nitrogens with one attached hydrogen (secondary N) is 2. The second-order valence-electron chi connectivity index (χ2n) is 6.04. The molecule has 2 N–H and O–H groups in total. The van der Waals surface area contributed by atoms with E-state index in [1.807, 2.05) is 54.6 Å². The van der Waals surface area contributed by atoms with Crippen molar-refractivity contribution in [3.05, 3.63) is 72.8 Å². The molecule has 28 heavy (non-hydrogen) atoms. The molecule has 3 aromatic rings. The minimum atomic E-state index is 0.552. The van der Waals surface area contributed by atoms with Gasteiger partial charge in [0, 0.05) is 24.7 Å². The van der Waals surface area contributed by atoms with Crippen molar-refractivity contribution in [1.82, 2.24) is 9.97 Å². The van der Waals surface area contributed by atoms with Crippen LogP contribution in [0.1, 0.15) is 5.56 Å². The van der Waals surface area contributed by atoms with Gasteiger partial charge in [-0.15, -0.1) is 6.58 Å². The molecule has 6 nitrogen and oxygen atoms in total. The van der Waals surface area contributed by atoms with Crippen LogP contribution in [-0.4, -0.2) is 30.7 Å². The van der Waals surface area contributed by atoms with E-state index in [1.165, 1.54) is 0 Å². The van der Waals surface area contributed by atoms with E-state index < -0.39 is 0 Å². The molecule has 2 aromatic carbocycles. The molecule has 1 heterocycles. The fraction of sp³-hybridized carbons (Fsp3) is 0.182. The fourth-order valence-corrected chi connectivity index (χ4v) is 2.72. The topological polar surface area (TPSA) is 68.3 Å². The highest BCUT2D eigenvalue weighted by molar-refractivity contribution is 5.64. The normalized spacial score (nSPS) is 10.2. The highest BCUT2D eigenvalue weighted by Crippen LogP contribution is 2.28. The quantitative estimate of drug-likeness (QED) is 0.541. The van der Waals surface area contributed by atoms with Gasteiger partial charge in [-0.3, -0.25) is 0 Å². The van der Waals surface area contributed by atoms with E-state index in [4.69, 9.17) is 9.47 Å². The number of benzene rings is 2. The Morgan fingerprint density at radius 1 is 0.929 bits per heavy atom. The summed E-state index contributed by atoms with van der Waals surface area (Å²) in [4.78, 5) is 9.15. The molecule has 0 atom stereocenters. The summed E-state index contributed by atoms with van der Waals surface area (Å²) in [5, 5.41) is 6.52. The number of hydrogen-bond donors (Lipinski definition) is 2. The second-order valence-corrected chi connectivity index (χ2v) is 6.04. The molecule has 3 rings (SSSR count). The van der Waals surface area contributed by atoms with Crippen molar-refractivity contribution >= 4 is 11.8 Å². The third-order valence-electron chi connectivity index (χ3n) is 4.12. The van der Waals surface area contributed by atoms with Crippen molar-refractivity contribution in [2.24, 2.45) is 0 Å². The molecule has 0 aliphatic rings. The molecule has 0 aliphatic carbocycles. The van der Waals surface area contributed by atoms with Gasteiger partial charge in [0.2, 0.25) is 5.95 Å². The largest absolute Gasteiger partial charge is 0.493 e. The van der Waals surface area contributed by atoms with E-state index in [1.54, 1.807) is 20.3 Å². The van der Waals surface area contributed by atoms with Gasteiger partial charge in [0.1, 0.15) is 5.82 Å². The van der Waals surface area contributed by atoms with Crippen LogP contribution in [0.25, 0.3) is 11.3 Å². The molecule has 0 amide bonds. The van der Waals surface area contributed by atoms with Gasteiger partial charge in [-0.1, -0.05) is 42.5 Å². The predicted molar refractivity (Wildman–Crippen MR) is 113 cm³/mol. The number of methoxy groups -OCH3 is 2. The summed E-state index contributed by atoms with van der Waals surface area (Å²) < 4.78 is 10.7. The number of anilines is 2. The van der Waals surface area contributed by atoms with Crippen molar-refractivity contribution in [2.75, 3.05) is 31.4 Å². The van der Waals surface area contributed by atoms with Crippen molar-refractivity contribution in [1.29, 1.82) is 0 Å². The van der Waals surface area contributed by atoms with Gasteiger partial charge in [-0.2, -0.15) is 4.98 Å². The molecule has 6 heteroatoms. The predicted octanol–water partition coefficient (Wildman–Crippen LogP) is 4.37. The van der Waals surface area contributed by atoms with Crippen LogP contribution in [0.15, 0.2) is 67.3 Å². The minimum absolute atomic E-state index is 0.552. The van der Waals surface area contributed by atoms with Crippen LogP contribution in [0.5, 0.6) is 11.5 Å². The van der Waals surface area contributed by atoms with Crippen LogP contribution in [0.2, 0.25) is 0 Å². The van der Waals surface area contributed by atoms with Gasteiger partial charge in [0.25, 0.3) is 0 Å². The molecule has 144 valence electrons. The summed E-state index contributed by atoms with van der Waals surface area (Å²) in [6.45, 7) is 4.91. The molecule has 0 aliphatic heterocycles. The van der Waals surface area contributed by atoms with Crippen LogP contribution >= 0.6 is 0 Å². The Hall–Kier alpha value is -3.54. The summed E-state index contributed by atoms with van der Waals surface area (Å²) in [5.41, 5.74) is 2.93. The Labute approximate surface area is 165 Å². The number of aromatic nitrogens is 2. The smallest absolute Gasteiger partial charge is 0.225 e. The standard InChI is InChI=1S/C22H24N4O2/c1-4-12-23-22-25-18(17-8-6-5-7-9-17)14-21(26-22)24-15-16-10-11-19(27-2)20(13-16)28-3/h4-11,13-14H,1,12,15H2,2-3H3,(H2,23,24,25,26). The maximum atomic E-state index is 5.37. The van der Waals surface area contributed by atoms with Crippen molar-refractivity contribution in [3.8, 4) is 22.8 Å². The Morgan fingerprint density at radius 3 is 2.43 bits per heavy atom. The van der Waals surface area contributed by atoms with Gasteiger partial charge in [-0.25, -0.2) is 4.98 Å². The molecule has 0 radical (unpaired) electrons. The Kier molecular flexibility index (Phi) is 6.46. The average Bonchev–Trinajstić information content (AvgIpc) is 2.76. The summed E-state index contributed by atoms with van der Waals surface area (Å²) in [5.74, 6) is 2.68. The minimum Gasteiger partial charge on any atom is -0.493 e. The molecule has 0 unspecified atom stereocenters. The van der Waals surface area contributed by atoms with E-state index in [9.17, 15) is 0 Å². The lowest BCUT2D eigenvalue weighted by Crippen LogP contribution is -2.08. The van der Waals surface area contributed by atoms with Gasteiger partial charge in [-0.05, 0) is 17.7 Å². The Morgan fingerprint density at radius 2 is 1.71 bits per heavy atom. The van der Waals surface area contributed by atoms with Gasteiger partial charge in [0.15, 0.2) is 11.5 Å². The van der Waals surface area contributed by atoms with E-state index in [0.717, 1.165) is 22.6 Å². The number of nitrogens with zero attached hydrogens (tertiary/aromatic N) is 2. The summed E-state index contributed by atoms with van der Waals surface area (Å²) >= 11 is 0. The van der Waals surface area contributed by atoms with Crippen LogP contribution in [-0.2, 0) is 6.54 Å². The first-order chi connectivity index (χ1) is 13.7. The first kappa shape index (κ1) is 19.2. The third-order valence-corrected chi connectivity index (χ3v) is 4.12. The maximum Gasteiger partial charge on any atom is 0.225 e. The van der Waals surface area contributed by atoms with Crippen LogP contribution in [0, 0.1) is 0 Å². The SMILES string of the molecule is C=CCNc1nc(NCc2ccc(OC)c(OC)c2)cc(-c2ccccc2)n1. The highest BCUT2D eigenvalue weighted by atomic mass is 16.5. The molecular formula is C22H24N4O2. The van der Waals surface area contributed by atoms with Crippen LogP contribution in [0.3, 0.4) is 0 Å². The average molecular weight is 376 g/mol. The molecule has 1 aromatic heterocycles. The zero-order chi connectivity index (χ0) is 19.8. The fourth-order valence-electron chi connectivity index (χ4n) is 2.72. The number of rotatable bonds is 9. The van der Waals surface area contributed by atoms with Gasteiger partial charge < -0.3 is 20.1 Å². The van der Waals surface area contributed by atoms with Crippen molar-refractivity contribution < 1.29 is 9.47 Å². The summed E-state index contributed by atoms with van der Waals surface area (Å²) in [7, 11) is 3.25. The Balaban J connectivity index is 1.83. The second kappa shape index (κ2) is 9.41. The van der Waals surface area contributed by atoms with Crippen molar-refractivity contribution in [2.45, 2.75) is 6.54 Å². The van der Waals surface area contributed by atoms with Crippen LogP contribution < -0.4 is 20.1 Å². The Bertz CT molecular complexity index is 929. The van der Waals surface area contributed by atoms with Gasteiger partial charge >= 0.3 is 0 Å². The molecule has 0 bridgehead atoms. The zero-order valence-electron chi connectivity index (χ0n) is 16.1. The number of ether oxygens (including phenoxy) is 2. The summed E-state index contributed by atoms with van der Waals surface area (Å²) in [6, 6.07) is 17.8. The first-order valence-corrected chi connectivity index (χ1v) is 8.97. The van der Waals surface area contributed by atoms with Gasteiger partial charge in [0.05, 0.1) is 19.9 Å². The lowest BCUT2D eigenvalue weighted by molar-refractivity contribution is 0.354.